The highest BCUT2D eigenvalue weighted by atomic mass is 32.2. The van der Waals surface area contributed by atoms with Gasteiger partial charge in [0.25, 0.3) is 5.91 Å². The zero-order valence-electron chi connectivity index (χ0n) is 17.5. The number of Topliss-reactive ketones (excluding diaryl/α,β-unsaturated/α-hetero) is 1. The summed E-state index contributed by atoms with van der Waals surface area (Å²) < 4.78 is 5.57. The summed E-state index contributed by atoms with van der Waals surface area (Å²) in [6.07, 6.45) is 1.36. The molecule has 0 saturated carbocycles. The fraction of sp³-hybridized carbons (Fsp3) is 0.435. The molecule has 2 fully saturated rings. The van der Waals surface area contributed by atoms with Crippen LogP contribution >= 0.6 is 50.1 Å². The zero-order chi connectivity index (χ0) is 20.9. The van der Waals surface area contributed by atoms with Gasteiger partial charge in [-0.15, -0.1) is 0 Å². The summed E-state index contributed by atoms with van der Waals surface area (Å²) in [5.74, 6) is 0.664. The highest BCUT2D eigenvalue weighted by Crippen LogP contribution is 2.27. The number of ketones is 1. The lowest BCUT2D eigenvalue weighted by Gasteiger charge is -2.37. The molecule has 6 nitrogen and oxygen atoms in total. The van der Waals surface area contributed by atoms with Crippen molar-refractivity contribution in [3.63, 3.8) is 0 Å². The van der Waals surface area contributed by atoms with Gasteiger partial charge in [-0.1, -0.05) is 37.8 Å². The number of carbonyl (C=O) groups excluding carboxylic acids is 3. The summed E-state index contributed by atoms with van der Waals surface area (Å²) in [5.41, 5.74) is 1.71. The summed E-state index contributed by atoms with van der Waals surface area (Å²) in [6.45, 7) is 0.580. The highest BCUT2D eigenvalue weighted by molar-refractivity contribution is 7.98. The van der Waals surface area contributed by atoms with E-state index in [2.05, 4.69) is 5.32 Å². The normalized spacial score (nSPS) is 19.9. The Hall–Kier alpha value is -1.46. The molecule has 10 heteroatoms. The van der Waals surface area contributed by atoms with Gasteiger partial charge in [-0.05, 0) is 29.9 Å². The third-order valence-electron chi connectivity index (χ3n) is 5.41. The lowest BCUT2D eigenvalue weighted by atomic mass is 9.97. The molecule has 2 saturated heterocycles. The van der Waals surface area contributed by atoms with E-state index >= 15 is 0 Å². The van der Waals surface area contributed by atoms with E-state index in [9.17, 15) is 14.4 Å². The summed E-state index contributed by atoms with van der Waals surface area (Å²) in [6, 6.07) is 10.5. The molecule has 0 unspecified atom stereocenters. The van der Waals surface area contributed by atoms with Crippen LogP contribution in [0.5, 0.6) is 0 Å². The first-order chi connectivity index (χ1) is 14.6. The molecular weight excluding hydrogens is 497 g/mol. The first-order valence-corrected chi connectivity index (χ1v) is 12.1. The lowest BCUT2D eigenvalue weighted by molar-refractivity contribution is -0.141. The fourth-order valence-electron chi connectivity index (χ4n) is 3.92. The molecule has 33 heavy (non-hydrogen) atoms. The first-order valence-electron chi connectivity index (χ1n) is 10.0. The van der Waals surface area contributed by atoms with Crippen molar-refractivity contribution in [3.8, 4) is 0 Å². The van der Waals surface area contributed by atoms with E-state index in [0.29, 0.717) is 17.9 Å². The van der Waals surface area contributed by atoms with Gasteiger partial charge in [0.2, 0.25) is 5.91 Å². The molecule has 2 aliphatic heterocycles. The summed E-state index contributed by atoms with van der Waals surface area (Å²) in [5, 5.41) is 6.50. The predicted molar refractivity (Wildman–Crippen MR) is 145 cm³/mol. The van der Waals surface area contributed by atoms with Crippen molar-refractivity contribution in [1.82, 2.24) is 10.2 Å². The summed E-state index contributed by atoms with van der Waals surface area (Å²) in [4.78, 5) is 40.1. The zero-order valence-corrected chi connectivity index (χ0v) is 21.1. The van der Waals surface area contributed by atoms with Gasteiger partial charge in [0, 0.05) is 23.4 Å². The molecule has 1 aromatic carbocycles. The number of fused-ring (bicyclic) bond motifs is 1. The number of hydrogen-bond acceptors (Lipinski definition) is 6. The van der Waals surface area contributed by atoms with Crippen LogP contribution in [0.4, 0.5) is 0 Å². The Kier molecular flexibility index (Phi) is 12.6. The number of nitrogens with one attached hydrogen (secondary N) is 1. The van der Waals surface area contributed by atoms with Gasteiger partial charge in [-0.3, -0.25) is 14.4 Å². The Labute approximate surface area is 217 Å². The third kappa shape index (κ3) is 7.26. The molecule has 0 bridgehead atoms. The molecule has 0 spiro atoms. The van der Waals surface area contributed by atoms with Gasteiger partial charge in [-0.25, -0.2) is 0 Å². The van der Waals surface area contributed by atoms with Gasteiger partial charge in [0.15, 0.2) is 5.78 Å². The maximum atomic E-state index is 13.4. The van der Waals surface area contributed by atoms with Crippen LogP contribution in [0, 0.1) is 0 Å². The standard InChI is InChI=1S/C22H24N2O4S2.CH4.2H2S/c25-18-11-28-19-7-4-9-24(20(18)19)22(27)17(23-21(26)16-8-10-29-13-16)14-30-12-15-5-2-1-3-6-15;;;/h1-3,5-6,8,10,13,17,19-20H,4,7,9,11-12,14H2,(H,23,26);1H4;2*1H2/t17-,19-,20-;;;/m0.../s1. The van der Waals surface area contributed by atoms with Crippen LogP contribution in [0.3, 0.4) is 0 Å². The van der Waals surface area contributed by atoms with Crippen LogP contribution < -0.4 is 5.32 Å². The molecule has 0 aliphatic carbocycles. The number of rotatable bonds is 7. The highest BCUT2D eigenvalue weighted by Gasteiger charge is 2.45. The van der Waals surface area contributed by atoms with Crippen LogP contribution in [0.25, 0.3) is 0 Å². The molecule has 3 heterocycles. The Balaban J connectivity index is 0.00000181. The monoisotopic (exact) mass is 528 g/mol. The van der Waals surface area contributed by atoms with Crippen LogP contribution in [0.15, 0.2) is 47.2 Å². The number of nitrogens with zero attached hydrogens (tertiary/aromatic N) is 1. The molecule has 2 amide bonds. The van der Waals surface area contributed by atoms with Crippen molar-refractivity contribution >= 4 is 67.7 Å². The number of piperidine rings is 1. The smallest absolute Gasteiger partial charge is 0.252 e. The van der Waals surface area contributed by atoms with E-state index < -0.39 is 12.1 Å². The van der Waals surface area contributed by atoms with Crippen molar-refractivity contribution in [2.45, 2.75) is 44.2 Å². The second-order valence-corrected chi connectivity index (χ2v) is 9.28. The number of carbonyl (C=O) groups is 3. The van der Waals surface area contributed by atoms with E-state index in [0.717, 1.165) is 24.2 Å². The van der Waals surface area contributed by atoms with Gasteiger partial charge in [0.05, 0.1) is 11.7 Å². The van der Waals surface area contributed by atoms with Crippen LogP contribution in [-0.4, -0.2) is 59.6 Å². The van der Waals surface area contributed by atoms with Crippen molar-refractivity contribution in [2.24, 2.45) is 0 Å². The molecule has 3 atom stereocenters. The van der Waals surface area contributed by atoms with Crippen LogP contribution in [-0.2, 0) is 20.1 Å². The van der Waals surface area contributed by atoms with E-state index in [1.165, 1.54) is 11.3 Å². The largest absolute Gasteiger partial charge is 0.368 e. The van der Waals surface area contributed by atoms with Gasteiger partial charge >= 0.3 is 0 Å². The molecule has 2 aromatic rings. The van der Waals surface area contributed by atoms with Gasteiger partial charge in [0.1, 0.15) is 18.7 Å². The van der Waals surface area contributed by atoms with E-state index in [1.54, 1.807) is 28.1 Å². The number of ether oxygens (including phenoxy) is 1. The SMILES string of the molecule is C.O=C(N[C@@H](CSCc1ccccc1)C(=O)N1CCC[C@@H]2OCC(=O)[C@@H]21)c1ccsc1.S.S. The molecule has 4 rings (SSSR count). The number of thioether (sulfide) groups is 1. The van der Waals surface area contributed by atoms with Crippen molar-refractivity contribution in [3.05, 3.63) is 58.3 Å². The number of benzene rings is 1. The second-order valence-electron chi connectivity index (χ2n) is 7.47. The Morgan fingerprint density at radius 2 is 1.97 bits per heavy atom. The third-order valence-corrected chi connectivity index (χ3v) is 7.20. The Bertz CT molecular complexity index is 895. The van der Waals surface area contributed by atoms with Crippen LogP contribution in [0.2, 0.25) is 0 Å². The number of amides is 2. The van der Waals surface area contributed by atoms with E-state index in [4.69, 9.17) is 4.74 Å². The van der Waals surface area contributed by atoms with Crippen molar-refractivity contribution in [1.29, 1.82) is 0 Å². The molecule has 1 N–H and O–H groups in total. The molecule has 0 radical (unpaired) electrons. The average Bonchev–Trinajstić information content (AvgIpc) is 3.44. The quantitative estimate of drug-likeness (QED) is 0.594. The number of hydrogen-bond donors (Lipinski definition) is 1. The van der Waals surface area contributed by atoms with E-state index in [1.807, 2.05) is 35.7 Å². The predicted octanol–water partition coefficient (Wildman–Crippen LogP) is 3.60. The fourth-order valence-corrected chi connectivity index (χ4v) is 5.56. The molecule has 2 aliphatic rings. The Morgan fingerprint density at radius 3 is 2.67 bits per heavy atom. The van der Waals surface area contributed by atoms with Crippen molar-refractivity contribution in [2.75, 3.05) is 18.9 Å². The summed E-state index contributed by atoms with van der Waals surface area (Å²) in [7, 11) is 0. The molecule has 1 aromatic heterocycles. The topological polar surface area (TPSA) is 75.7 Å². The minimum absolute atomic E-state index is 0. The summed E-state index contributed by atoms with van der Waals surface area (Å²) >= 11 is 3.03. The minimum Gasteiger partial charge on any atom is -0.368 e. The average molecular weight is 529 g/mol. The molecule has 182 valence electrons. The second kappa shape index (κ2) is 14.1. The number of likely N-dealkylation sites (tertiary alicyclic amines) is 1. The maximum Gasteiger partial charge on any atom is 0.252 e. The van der Waals surface area contributed by atoms with Gasteiger partial charge < -0.3 is 15.0 Å². The minimum atomic E-state index is -0.696. The van der Waals surface area contributed by atoms with E-state index in [-0.39, 0.29) is 64.7 Å². The number of thiophene rings is 1. The van der Waals surface area contributed by atoms with Crippen molar-refractivity contribution < 1.29 is 19.1 Å². The molecular formula is C23H32N2O4S4. The van der Waals surface area contributed by atoms with Crippen LogP contribution in [0.1, 0.15) is 36.2 Å². The lowest BCUT2D eigenvalue weighted by Crippen LogP contribution is -2.58. The first kappa shape index (κ1) is 29.6. The van der Waals surface area contributed by atoms with Gasteiger partial charge in [-0.2, -0.15) is 50.1 Å². The Morgan fingerprint density at radius 1 is 1.21 bits per heavy atom. The maximum absolute atomic E-state index is 13.4.